The van der Waals surface area contributed by atoms with E-state index < -0.39 is 10.0 Å². The van der Waals surface area contributed by atoms with Crippen LogP contribution < -0.4 is 4.72 Å². The second kappa shape index (κ2) is 7.54. The maximum atomic E-state index is 12.9. The highest BCUT2D eigenvalue weighted by molar-refractivity contribution is 9.10. The molecular formula is C19H14BrClN4O2S. The fraction of sp³-hybridized carbons (Fsp3) is 0.0526. The van der Waals surface area contributed by atoms with Gasteiger partial charge >= 0.3 is 0 Å². The van der Waals surface area contributed by atoms with Crippen LogP contribution >= 0.6 is 27.5 Å². The monoisotopic (exact) mass is 476 g/mol. The number of hydrogen-bond acceptors (Lipinski definition) is 4. The Hall–Kier alpha value is -2.42. The van der Waals surface area contributed by atoms with E-state index in [0.717, 1.165) is 10.9 Å². The molecule has 0 atom stereocenters. The summed E-state index contributed by atoms with van der Waals surface area (Å²) in [6.45, 7) is 0.479. The van der Waals surface area contributed by atoms with Crippen molar-refractivity contribution in [1.29, 1.82) is 0 Å². The first-order chi connectivity index (χ1) is 13.4. The third-order valence-electron chi connectivity index (χ3n) is 4.09. The molecule has 0 saturated heterocycles. The maximum absolute atomic E-state index is 12.9. The molecule has 4 aromatic rings. The number of hydrogen-bond donors (Lipinski definition) is 1. The Morgan fingerprint density at radius 2 is 1.82 bits per heavy atom. The van der Waals surface area contributed by atoms with Gasteiger partial charge in [0, 0.05) is 22.8 Å². The summed E-state index contributed by atoms with van der Waals surface area (Å²) < 4.78 is 30.6. The number of para-hydroxylation sites is 1. The van der Waals surface area contributed by atoms with Crippen LogP contribution in [-0.4, -0.2) is 23.2 Å². The first-order valence-corrected chi connectivity index (χ1v) is 10.9. The molecule has 0 fully saturated rings. The zero-order valence-corrected chi connectivity index (χ0v) is 17.5. The Morgan fingerprint density at radius 3 is 2.61 bits per heavy atom. The van der Waals surface area contributed by atoms with E-state index in [0.29, 0.717) is 21.6 Å². The summed E-state index contributed by atoms with van der Waals surface area (Å²) in [5.41, 5.74) is 1.40. The third kappa shape index (κ3) is 3.89. The standard InChI is InChI=1S/C19H14BrClN4O2S/c20-16-12-25(11-13-6-8-15(21)9-7-13)23-19(16)24-28(26,27)17-5-1-3-14-4-2-10-22-18(14)17/h1-10,12H,11H2,(H,23,24). The van der Waals surface area contributed by atoms with Gasteiger partial charge < -0.3 is 0 Å². The average Bonchev–Trinajstić information content (AvgIpc) is 3.01. The molecule has 4 rings (SSSR count). The van der Waals surface area contributed by atoms with Gasteiger partial charge in [0.1, 0.15) is 4.90 Å². The molecule has 0 radical (unpaired) electrons. The van der Waals surface area contributed by atoms with E-state index in [-0.39, 0.29) is 10.7 Å². The highest BCUT2D eigenvalue weighted by atomic mass is 79.9. The smallest absolute Gasteiger partial charge is 0.265 e. The Morgan fingerprint density at radius 1 is 1.07 bits per heavy atom. The van der Waals surface area contributed by atoms with Gasteiger partial charge in [-0.2, -0.15) is 5.10 Å². The molecule has 0 saturated carbocycles. The van der Waals surface area contributed by atoms with Crippen molar-refractivity contribution in [1.82, 2.24) is 14.8 Å². The molecule has 9 heteroatoms. The minimum absolute atomic E-state index is 0.102. The highest BCUT2D eigenvalue weighted by Gasteiger charge is 2.21. The lowest BCUT2D eigenvalue weighted by atomic mass is 10.2. The number of fused-ring (bicyclic) bond motifs is 1. The molecule has 2 aromatic carbocycles. The van der Waals surface area contributed by atoms with Crippen LogP contribution in [-0.2, 0) is 16.6 Å². The number of pyridine rings is 1. The van der Waals surface area contributed by atoms with E-state index in [1.807, 2.05) is 24.3 Å². The maximum Gasteiger partial charge on any atom is 0.265 e. The van der Waals surface area contributed by atoms with Crippen molar-refractivity contribution in [2.75, 3.05) is 4.72 Å². The molecule has 0 amide bonds. The van der Waals surface area contributed by atoms with Gasteiger partial charge in [-0.15, -0.1) is 0 Å². The van der Waals surface area contributed by atoms with Crippen LogP contribution in [0, 0.1) is 0 Å². The van der Waals surface area contributed by atoms with Crippen LogP contribution in [0.4, 0.5) is 5.82 Å². The van der Waals surface area contributed by atoms with Crippen molar-refractivity contribution in [3.8, 4) is 0 Å². The number of sulfonamides is 1. The summed E-state index contributed by atoms with van der Waals surface area (Å²) in [6, 6.07) is 16.0. The summed E-state index contributed by atoms with van der Waals surface area (Å²) >= 11 is 9.27. The minimum atomic E-state index is -3.86. The molecule has 0 unspecified atom stereocenters. The van der Waals surface area contributed by atoms with Crippen LogP contribution in [0.3, 0.4) is 0 Å². The Balaban J connectivity index is 1.63. The van der Waals surface area contributed by atoms with Crippen LogP contribution in [0.15, 0.2) is 76.4 Å². The average molecular weight is 478 g/mol. The van der Waals surface area contributed by atoms with Crippen LogP contribution in [0.25, 0.3) is 10.9 Å². The quantitative estimate of drug-likeness (QED) is 0.452. The molecule has 1 N–H and O–H groups in total. The van der Waals surface area contributed by atoms with E-state index in [1.165, 1.54) is 6.07 Å². The highest BCUT2D eigenvalue weighted by Crippen LogP contribution is 2.26. The van der Waals surface area contributed by atoms with E-state index in [4.69, 9.17) is 11.6 Å². The molecule has 6 nitrogen and oxygen atoms in total. The Bertz CT molecular complexity index is 1250. The molecule has 0 aliphatic heterocycles. The molecule has 2 aromatic heterocycles. The SMILES string of the molecule is O=S(=O)(Nc1nn(Cc2ccc(Cl)cc2)cc1Br)c1cccc2cccnc12. The topological polar surface area (TPSA) is 76.9 Å². The second-order valence-corrected chi connectivity index (χ2v) is 9.03. The van der Waals surface area contributed by atoms with Crippen molar-refractivity contribution in [2.24, 2.45) is 0 Å². The summed E-state index contributed by atoms with van der Waals surface area (Å²) in [4.78, 5) is 4.31. The van der Waals surface area contributed by atoms with Crippen molar-refractivity contribution >= 4 is 54.3 Å². The van der Waals surface area contributed by atoms with Gasteiger partial charge in [-0.3, -0.25) is 14.4 Å². The van der Waals surface area contributed by atoms with Gasteiger partial charge in [-0.1, -0.05) is 41.9 Å². The van der Waals surface area contributed by atoms with Gasteiger partial charge in [-0.05, 0) is 45.8 Å². The number of nitrogens with one attached hydrogen (secondary N) is 1. The number of benzene rings is 2. The van der Waals surface area contributed by atoms with E-state index in [1.54, 1.807) is 41.3 Å². The molecule has 0 aliphatic carbocycles. The lowest BCUT2D eigenvalue weighted by molar-refractivity contribution is 0.601. The normalized spacial score (nSPS) is 11.6. The van der Waals surface area contributed by atoms with Crippen molar-refractivity contribution in [2.45, 2.75) is 11.4 Å². The molecule has 2 heterocycles. The molecule has 142 valence electrons. The summed E-state index contributed by atoms with van der Waals surface area (Å²) in [7, 11) is -3.86. The van der Waals surface area contributed by atoms with Gasteiger partial charge in [-0.25, -0.2) is 8.42 Å². The zero-order chi connectivity index (χ0) is 19.7. The molecule has 0 bridgehead atoms. The Labute approximate surface area is 175 Å². The van der Waals surface area contributed by atoms with E-state index in [2.05, 4.69) is 30.7 Å². The van der Waals surface area contributed by atoms with Gasteiger partial charge in [0.15, 0.2) is 5.82 Å². The van der Waals surface area contributed by atoms with Gasteiger partial charge in [0.05, 0.1) is 16.5 Å². The lowest BCUT2D eigenvalue weighted by Crippen LogP contribution is -2.15. The van der Waals surface area contributed by atoms with E-state index in [9.17, 15) is 8.42 Å². The predicted molar refractivity (Wildman–Crippen MR) is 113 cm³/mol. The largest absolute Gasteiger partial charge is 0.265 e. The summed E-state index contributed by atoms with van der Waals surface area (Å²) in [5, 5.41) is 5.75. The lowest BCUT2D eigenvalue weighted by Gasteiger charge is -2.08. The predicted octanol–water partition coefficient (Wildman–Crippen LogP) is 4.70. The van der Waals surface area contributed by atoms with Crippen LogP contribution in [0.1, 0.15) is 5.56 Å². The molecular weight excluding hydrogens is 464 g/mol. The number of nitrogens with zero attached hydrogens (tertiary/aromatic N) is 3. The van der Waals surface area contributed by atoms with Crippen molar-refractivity contribution in [3.63, 3.8) is 0 Å². The number of aromatic nitrogens is 3. The Kier molecular flexibility index (Phi) is 5.09. The third-order valence-corrected chi connectivity index (χ3v) is 6.29. The zero-order valence-electron chi connectivity index (χ0n) is 14.4. The molecule has 28 heavy (non-hydrogen) atoms. The fourth-order valence-electron chi connectivity index (χ4n) is 2.80. The second-order valence-electron chi connectivity index (χ2n) is 6.09. The molecule has 0 aliphatic rings. The number of halogens is 2. The number of anilines is 1. The fourth-order valence-corrected chi connectivity index (χ4v) is 4.67. The van der Waals surface area contributed by atoms with Gasteiger partial charge in [0.2, 0.25) is 0 Å². The summed E-state index contributed by atoms with van der Waals surface area (Å²) in [6.07, 6.45) is 3.28. The summed E-state index contributed by atoms with van der Waals surface area (Å²) in [5.74, 6) is 0.210. The first kappa shape index (κ1) is 18.9. The van der Waals surface area contributed by atoms with Crippen molar-refractivity contribution in [3.05, 3.63) is 82.0 Å². The molecule has 0 spiro atoms. The van der Waals surface area contributed by atoms with Crippen LogP contribution in [0.2, 0.25) is 5.02 Å². The van der Waals surface area contributed by atoms with E-state index >= 15 is 0 Å². The number of rotatable bonds is 5. The van der Waals surface area contributed by atoms with Crippen molar-refractivity contribution < 1.29 is 8.42 Å². The van der Waals surface area contributed by atoms with Crippen LogP contribution in [0.5, 0.6) is 0 Å². The van der Waals surface area contributed by atoms with Gasteiger partial charge in [0.25, 0.3) is 10.0 Å². The minimum Gasteiger partial charge on any atom is -0.265 e. The first-order valence-electron chi connectivity index (χ1n) is 8.26.